The summed E-state index contributed by atoms with van der Waals surface area (Å²) < 4.78 is 11.3. The molecule has 0 amide bonds. The van der Waals surface area contributed by atoms with Gasteiger partial charge in [-0.25, -0.2) is 0 Å². The highest BCUT2D eigenvalue weighted by atomic mass is 32.1. The van der Waals surface area contributed by atoms with Crippen molar-refractivity contribution < 1.29 is 9.47 Å². The van der Waals surface area contributed by atoms with E-state index < -0.39 is 0 Å². The van der Waals surface area contributed by atoms with Gasteiger partial charge in [-0.2, -0.15) is 0 Å². The Kier molecular flexibility index (Phi) is 5.44. The maximum atomic E-state index is 5.86. The van der Waals surface area contributed by atoms with Gasteiger partial charge in [-0.15, -0.1) is 11.3 Å². The van der Waals surface area contributed by atoms with Crippen LogP contribution in [-0.2, 0) is 13.2 Å². The van der Waals surface area contributed by atoms with E-state index in [-0.39, 0.29) is 0 Å². The zero-order valence-electron chi connectivity index (χ0n) is 12.2. The average molecular weight is 291 g/mol. The molecule has 2 aromatic rings. The molecule has 0 saturated carbocycles. The summed E-state index contributed by atoms with van der Waals surface area (Å²) in [7, 11) is 1.96. The van der Waals surface area contributed by atoms with Crippen LogP contribution in [0.15, 0.2) is 30.3 Å². The van der Waals surface area contributed by atoms with Crippen molar-refractivity contribution in [2.45, 2.75) is 27.0 Å². The second kappa shape index (κ2) is 7.31. The van der Waals surface area contributed by atoms with Gasteiger partial charge < -0.3 is 14.8 Å². The lowest BCUT2D eigenvalue weighted by Crippen LogP contribution is -2.02. The smallest absolute Gasteiger partial charge is 0.123 e. The number of nitrogens with one attached hydrogen (secondary N) is 1. The molecule has 0 saturated heterocycles. The Bertz CT molecular complexity index is 551. The first-order valence-corrected chi connectivity index (χ1v) is 7.63. The van der Waals surface area contributed by atoms with Crippen molar-refractivity contribution in [3.8, 4) is 11.5 Å². The molecule has 1 heterocycles. The first-order valence-electron chi connectivity index (χ1n) is 6.81. The van der Waals surface area contributed by atoms with Crippen LogP contribution in [0.5, 0.6) is 11.5 Å². The molecular weight excluding hydrogens is 270 g/mol. The number of benzene rings is 1. The van der Waals surface area contributed by atoms with Crippen LogP contribution < -0.4 is 14.8 Å². The molecule has 0 spiro atoms. The molecule has 2 rings (SSSR count). The first-order chi connectivity index (χ1) is 9.72. The van der Waals surface area contributed by atoms with E-state index in [1.54, 1.807) is 0 Å². The molecule has 0 radical (unpaired) electrons. The summed E-state index contributed by atoms with van der Waals surface area (Å²) >= 11 is 1.82. The quantitative estimate of drug-likeness (QED) is 0.842. The number of thiophene rings is 1. The molecule has 0 aliphatic carbocycles. The van der Waals surface area contributed by atoms with E-state index in [9.17, 15) is 0 Å². The molecule has 0 bridgehead atoms. The van der Waals surface area contributed by atoms with Crippen LogP contribution in [0.1, 0.15) is 22.2 Å². The third-order valence-corrected chi connectivity index (χ3v) is 4.03. The van der Waals surface area contributed by atoms with Crippen LogP contribution in [0.25, 0.3) is 0 Å². The van der Waals surface area contributed by atoms with Gasteiger partial charge in [0.15, 0.2) is 0 Å². The van der Waals surface area contributed by atoms with Gasteiger partial charge in [0.1, 0.15) is 18.1 Å². The fourth-order valence-corrected chi connectivity index (χ4v) is 3.03. The zero-order chi connectivity index (χ0) is 14.4. The van der Waals surface area contributed by atoms with Crippen molar-refractivity contribution in [3.63, 3.8) is 0 Å². The highest BCUT2D eigenvalue weighted by Crippen LogP contribution is 2.24. The minimum absolute atomic E-state index is 0.599. The Morgan fingerprint density at radius 2 is 1.90 bits per heavy atom. The number of hydrogen-bond acceptors (Lipinski definition) is 4. The normalized spacial score (nSPS) is 10.6. The fraction of sp³-hybridized carbons (Fsp3) is 0.375. The van der Waals surface area contributed by atoms with Crippen molar-refractivity contribution in [2.75, 3.05) is 13.7 Å². The molecule has 108 valence electrons. The Morgan fingerprint density at radius 3 is 2.60 bits per heavy atom. The SMILES string of the molecule is CCOc1cccc(OCc2cc(CNC)sc2C)c1. The monoisotopic (exact) mass is 291 g/mol. The van der Waals surface area contributed by atoms with E-state index in [1.807, 2.05) is 49.6 Å². The number of aryl methyl sites for hydroxylation is 1. The van der Waals surface area contributed by atoms with Crippen LogP contribution in [0.2, 0.25) is 0 Å². The third-order valence-electron chi connectivity index (χ3n) is 2.93. The maximum Gasteiger partial charge on any atom is 0.123 e. The lowest BCUT2D eigenvalue weighted by Gasteiger charge is -2.08. The molecule has 0 unspecified atom stereocenters. The van der Waals surface area contributed by atoms with Gasteiger partial charge >= 0.3 is 0 Å². The summed E-state index contributed by atoms with van der Waals surface area (Å²) in [6, 6.07) is 9.99. The molecule has 0 atom stereocenters. The van der Waals surface area contributed by atoms with E-state index in [4.69, 9.17) is 9.47 Å². The third kappa shape index (κ3) is 3.99. The number of rotatable bonds is 7. The molecule has 3 nitrogen and oxygen atoms in total. The second-order valence-electron chi connectivity index (χ2n) is 4.52. The summed E-state index contributed by atoms with van der Waals surface area (Å²) in [6.45, 7) is 6.29. The highest BCUT2D eigenvalue weighted by Gasteiger charge is 2.06. The molecule has 0 fully saturated rings. The first kappa shape index (κ1) is 14.9. The van der Waals surface area contributed by atoms with Crippen molar-refractivity contribution in [2.24, 2.45) is 0 Å². The van der Waals surface area contributed by atoms with E-state index >= 15 is 0 Å². The van der Waals surface area contributed by atoms with Crippen molar-refractivity contribution in [3.05, 3.63) is 45.6 Å². The summed E-state index contributed by atoms with van der Waals surface area (Å²) in [6.07, 6.45) is 0. The number of hydrogen-bond donors (Lipinski definition) is 1. The lowest BCUT2D eigenvalue weighted by atomic mass is 10.2. The Morgan fingerprint density at radius 1 is 1.15 bits per heavy atom. The van der Waals surface area contributed by atoms with Gasteiger partial charge in [0.2, 0.25) is 0 Å². The van der Waals surface area contributed by atoms with Crippen molar-refractivity contribution in [1.82, 2.24) is 5.32 Å². The maximum absolute atomic E-state index is 5.86. The average Bonchev–Trinajstić information content (AvgIpc) is 2.78. The zero-order valence-corrected chi connectivity index (χ0v) is 13.0. The topological polar surface area (TPSA) is 30.5 Å². The Balaban J connectivity index is 1.99. The van der Waals surface area contributed by atoms with Gasteiger partial charge in [0.25, 0.3) is 0 Å². The van der Waals surface area contributed by atoms with Crippen LogP contribution in [0, 0.1) is 6.92 Å². The van der Waals surface area contributed by atoms with Crippen molar-refractivity contribution >= 4 is 11.3 Å². The van der Waals surface area contributed by atoms with Gasteiger partial charge in [0.05, 0.1) is 6.61 Å². The molecule has 1 aromatic heterocycles. The molecular formula is C16H21NO2S. The largest absolute Gasteiger partial charge is 0.494 e. The van der Waals surface area contributed by atoms with E-state index in [1.165, 1.54) is 15.3 Å². The molecule has 1 N–H and O–H groups in total. The summed E-state index contributed by atoms with van der Waals surface area (Å²) in [4.78, 5) is 2.66. The molecule has 1 aromatic carbocycles. The van der Waals surface area contributed by atoms with Crippen LogP contribution in [0.3, 0.4) is 0 Å². The highest BCUT2D eigenvalue weighted by molar-refractivity contribution is 7.12. The predicted molar refractivity (Wildman–Crippen MR) is 83.8 cm³/mol. The van der Waals surface area contributed by atoms with E-state index in [0.717, 1.165) is 18.0 Å². The summed E-state index contributed by atoms with van der Waals surface area (Å²) in [5.41, 5.74) is 1.25. The van der Waals surface area contributed by atoms with Gasteiger partial charge in [0, 0.05) is 27.9 Å². The fourth-order valence-electron chi connectivity index (χ4n) is 1.97. The summed E-state index contributed by atoms with van der Waals surface area (Å²) in [5.74, 6) is 1.69. The van der Waals surface area contributed by atoms with Crippen LogP contribution in [-0.4, -0.2) is 13.7 Å². The standard InChI is InChI=1S/C16H21NO2S/c1-4-18-14-6-5-7-15(9-14)19-11-13-8-16(10-17-3)20-12(13)2/h5-9,17H,4,10-11H2,1-3H3. The Hall–Kier alpha value is -1.52. The second-order valence-corrected chi connectivity index (χ2v) is 5.86. The lowest BCUT2D eigenvalue weighted by molar-refractivity contribution is 0.299. The van der Waals surface area contributed by atoms with Gasteiger partial charge in [-0.1, -0.05) is 6.07 Å². The summed E-state index contributed by atoms with van der Waals surface area (Å²) in [5, 5.41) is 3.17. The van der Waals surface area contributed by atoms with Crippen LogP contribution >= 0.6 is 11.3 Å². The van der Waals surface area contributed by atoms with Crippen LogP contribution in [0.4, 0.5) is 0 Å². The molecule has 4 heteroatoms. The van der Waals surface area contributed by atoms with Crippen molar-refractivity contribution in [1.29, 1.82) is 0 Å². The van der Waals surface area contributed by atoms with E-state index in [0.29, 0.717) is 13.2 Å². The van der Waals surface area contributed by atoms with Gasteiger partial charge in [-0.05, 0) is 39.1 Å². The van der Waals surface area contributed by atoms with Gasteiger partial charge in [-0.3, -0.25) is 0 Å². The predicted octanol–water partition coefficient (Wildman–Crippen LogP) is 3.75. The molecule has 20 heavy (non-hydrogen) atoms. The molecule has 0 aliphatic rings. The minimum atomic E-state index is 0.599. The molecule has 0 aliphatic heterocycles. The van der Waals surface area contributed by atoms with E-state index in [2.05, 4.69) is 18.3 Å². The Labute approximate surface area is 124 Å². The number of ether oxygens (including phenoxy) is 2. The minimum Gasteiger partial charge on any atom is -0.494 e.